The molecule has 4 aromatic rings. The molecule has 1 aromatic heterocycles. The largest absolute Gasteiger partial charge is 0.494 e. The summed E-state index contributed by atoms with van der Waals surface area (Å²) in [4.78, 5) is 97.5. The van der Waals surface area contributed by atoms with Gasteiger partial charge in [-0.15, -0.1) is 0 Å². The number of hydrogen-bond acceptors (Lipinski definition) is 11. The summed E-state index contributed by atoms with van der Waals surface area (Å²) >= 11 is 0. The van der Waals surface area contributed by atoms with Crippen LogP contribution in [0.1, 0.15) is 49.1 Å². The Morgan fingerprint density at radius 2 is 1.54 bits per heavy atom. The highest BCUT2D eigenvalue weighted by Gasteiger charge is 2.33. The number of nitrogens with zero attached hydrogens (tertiary/aromatic N) is 4. The monoisotopic (exact) mass is 908 g/mol. The lowest BCUT2D eigenvalue weighted by atomic mass is 9.81. The van der Waals surface area contributed by atoms with Crippen molar-refractivity contribution in [1.82, 2.24) is 15.2 Å². The lowest BCUT2D eigenvalue weighted by molar-refractivity contribution is -0.133. The Morgan fingerprint density at radius 1 is 0.866 bits per heavy atom. The van der Waals surface area contributed by atoms with Gasteiger partial charge in [-0.25, -0.2) is 24.0 Å². The van der Waals surface area contributed by atoms with Crippen LogP contribution in [0.25, 0.3) is 27.7 Å². The van der Waals surface area contributed by atoms with Crippen LogP contribution in [0.5, 0.6) is 0 Å². The van der Waals surface area contributed by atoms with Crippen molar-refractivity contribution in [2.45, 2.75) is 6.92 Å². The van der Waals surface area contributed by atoms with Crippen molar-refractivity contribution in [3.05, 3.63) is 177 Å². The molecule has 338 valence electrons. The van der Waals surface area contributed by atoms with Gasteiger partial charge in [0.25, 0.3) is 5.56 Å². The fourth-order valence-electron chi connectivity index (χ4n) is 6.88. The molecule has 11 N–H and O–H groups in total. The highest BCUT2D eigenvalue weighted by molar-refractivity contribution is 6.29. The van der Waals surface area contributed by atoms with Crippen LogP contribution in [0.15, 0.2) is 153 Å². The molecule has 67 heavy (non-hydrogen) atoms. The minimum absolute atomic E-state index is 0.00829. The van der Waals surface area contributed by atoms with Gasteiger partial charge < -0.3 is 52.3 Å². The van der Waals surface area contributed by atoms with E-state index < -0.39 is 93.4 Å². The van der Waals surface area contributed by atoms with Gasteiger partial charge in [0.2, 0.25) is 17.8 Å². The van der Waals surface area contributed by atoms with Gasteiger partial charge in [0.15, 0.2) is 5.78 Å². The smallest absolute Gasteiger partial charge is 0.337 e. The summed E-state index contributed by atoms with van der Waals surface area (Å²) in [7, 11) is 0. The number of nitrogens with two attached hydrogens (primary N) is 1. The molecule has 0 aliphatic heterocycles. The van der Waals surface area contributed by atoms with E-state index in [-0.39, 0.29) is 61.5 Å². The number of carbonyl (C=O) groups is 6. The number of rotatable bonds is 16. The molecule has 5 rings (SSSR count). The first-order chi connectivity index (χ1) is 31.8. The van der Waals surface area contributed by atoms with Crippen molar-refractivity contribution in [3.8, 4) is 22.9 Å². The normalized spacial score (nSPS) is 13.1. The molecule has 1 heterocycles. The molecule has 0 saturated heterocycles. The number of nitriles is 1. The number of aliphatic carboxylic acids is 3. The fourth-order valence-corrected chi connectivity index (χ4v) is 6.88. The van der Waals surface area contributed by atoms with Crippen molar-refractivity contribution < 1.29 is 59.4 Å². The van der Waals surface area contributed by atoms with Crippen LogP contribution in [0.4, 0.5) is 5.69 Å². The molecular weight excluding hydrogens is 873 g/mol. The number of anilines is 1. The Bertz CT molecular complexity index is 3210. The number of benzene rings is 3. The fraction of sp³-hybridized carbons (Fsp3) is 0.0435. The van der Waals surface area contributed by atoms with E-state index in [4.69, 9.17) is 5.73 Å². The number of aliphatic hydroxyl groups excluding tert-OH is 1. The molecular formula is C46H36N8O13. The Hall–Kier alpha value is -10.1. The molecule has 0 saturated carbocycles. The summed E-state index contributed by atoms with van der Waals surface area (Å²) < 4.78 is 0.940. The van der Waals surface area contributed by atoms with Crippen LogP contribution in [0.2, 0.25) is 0 Å². The molecule has 0 spiro atoms. The third kappa shape index (κ3) is 9.77. The third-order valence-corrected chi connectivity index (χ3v) is 9.69. The number of aromatic carboxylic acids is 2. The molecule has 0 unspecified atom stereocenters. The van der Waals surface area contributed by atoms with E-state index in [0.717, 1.165) is 34.9 Å². The molecule has 0 bridgehead atoms. The summed E-state index contributed by atoms with van der Waals surface area (Å²) in [5, 5.41) is 77.8. The number of carbonyl (C=O) groups excluding carboxylic acids is 1. The molecule has 0 radical (unpaired) electrons. The predicted octanol–water partition coefficient (Wildman–Crippen LogP) is 4.40. The van der Waals surface area contributed by atoms with Gasteiger partial charge >= 0.3 is 29.8 Å². The Balaban J connectivity index is 1.68. The highest BCUT2D eigenvalue weighted by Crippen LogP contribution is 2.44. The van der Waals surface area contributed by atoms with Crippen LogP contribution >= 0.6 is 0 Å². The van der Waals surface area contributed by atoms with Gasteiger partial charge in [0, 0.05) is 16.5 Å². The molecule has 21 heteroatoms. The van der Waals surface area contributed by atoms with Gasteiger partial charge in [0.05, 0.1) is 68.2 Å². The van der Waals surface area contributed by atoms with E-state index in [9.17, 15) is 69.5 Å². The number of fused-ring (bicyclic) bond motifs is 2. The number of nitrogens with one attached hydrogen (secondary N) is 3. The van der Waals surface area contributed by atoms with E-state index in [1.807, 2.05) is 6.07 Å². The Morgan fingerprint density at radius 3 is 2.09 bits per heavy atom. The SMILES string of the molecule is C=C/C=C(C(=O)O)\C(=C/C)N/C(N)=N/C(=N\C(=C)O)NC/C(=C\C(C(=O)O)=C(/C=C)Nc1ccc2c3c1C(=O)c1ccccc1-c3c(C#N)c(=O)n2-c1ccc(C(=O)O)c(C(=O)O)c1)C(=O)O. The van der Waals surface area contributed by atoms with Gasteiger partial charge in [-0.3, -0.25) is 14.2 Å². The van der Waals surface area contributed by atoms with Crippen molar-refractivity contribution in [3.63, 3.8) is 0 Å². The van der Waals surface area contributed by atoms with Crippen molar-refractivity contribution in [2.75, 3.05) is 11.9 Å². The van der Waals surface area contributed by atoms with Gasteiger partial charge in [0.1, 0.15) is 11.6 Å². The highest BCUT2D eigenvalue weighted by atomic mass is 16.4. The Kier molecular flexibility index (Phi) is 14.3. The number of carboxylic acids is 5. The van der Waals surface area contributed by atoms with Crippen molar-refractivity contribution >= 4 is 64.1 Å². The third-order valence-electron chi connectivity index (χ3n) is 9.69. The first kappa shape index (κ1) is 47.9. The maximum Gasteiger partial charge on any atom is 0.337 e. The van der Waals surface area contributed by atoms with Crippen LogP contribution in [0.3, 0.4) is 0 Å². The number of aliphatic imine (C=N–C) groups is 2. The Labute approximate surface area is 377 Å². The van der Waals surface area contributed by atoms with E-state index in [2.05, 4.69) is 45.7 Å². The number of hydrogen-bond donors (Lipinski definition) is 10. The standard InChI is InChI=1S/C46H36N8O13/c1-5-10-27(42(62)63)31(6-2)52-45(48)53-46(50-21(4)55)49-20-22(40(58)59)17-29(44(66)67)32(7-3)51-33-15-16-34-37-35(24-11-8-9-12-25(24)38(56)36(33)37)30(19-47)39(57)54(34)23-13-14-26(41(60)61)28(18-23)43(64)65/h5-18,51,55H,1,3-4,20H2,2H3,(H,58,59)(H,60,61)(H,62,63)(H,64,65)(H,66,67)(H4,48,49,50,52,53)/b22-17+,27-10+,31-6+,32-29-. The number of pyridine rings is 1. The molecule has 0 atom stereocenters. The number of guanidine groups is 2. The summed E-state index contributed by atoms with van der Waals surface area (Å²) in [6, 6.07) is 13.5. The average molecular weight is 909 g/mol. The maximum atomic E-state index is 14.5. The van der Waals surface area contributed by atoms with Crippen LogP contribution in [-0.4, -0.2) is 89.3 Å². The van der Waals surface area contributed by atoms with Gasteiger partial charge in [-0.05, 0) is 67.6 Å². The first-order valence-corrected chi connectivity index (χ1v) is 19.1. The van der Waals surface area contributed by atoms with E-state index in [1.54, 1.807) is 6.07 Å². The summed E-state index contributed by atoms with van der Waals surface area (Å²) in [6.45, 7) is 11.1. The first-order valence-electron chi connectivity index (χ1n) is 19.1. The van der Waals surface area contributed by atoms with Gasteiger partial charge in [-0.1, -0.05) is 49.6 Å². The lowest BCUT2D eigenvalue weighted by Crippen LogP contribution is -2.36. The number of allylic oxidation sites excluding steroid dienone is 4. The molecule has 1 aliphatic rings. The van der Waals surface area contributed by atoms with Crippen molar-refractivity contribution in [1.29, 1.82) is 5.26 Å². The summed E-state index contributed by atoms with van der Waals surface area (Å²) in [6.07, 6.45) is 5.48. The second-order valence-electron chi connectivity index (χ2n) is 13.7. The summed E-state index contributed by atoms with van der Waals surface area (Å²) in [5.41, 5.74) is 0.910. The molecule has 0 amide bonds. The predicted molar refractivity (Wildman–Crippen MR) is 243 cm³/mol. The minimum atomic E-state index is -1.70. The lowest BCUT2D eigenvalue weighted by Gasteiger charge is -2.25. The zero-order valence-electron chi connectivity index (χ0n) is 34.8. The maximum absolute atomic E-state index is 14.5. The van der Waals surface area contributed by atoms with E-state index >= 15 is 0 Å². The van der Waals surface area contributed by atoms with Crippen LogP contribution in [0, 0.1) is 11.3 Å². The molecule has 3 aromatic carbocycles. The zero-order chi connectivity index (χ0) is 49.4. The molecule has 0 fully saturated rings. The van der Waals surface area contributed by atoms with E-state index in [1.165, 1.54) is 55.5 Å². The second kappa shape index (κ2) is 19.9. The van der Waals surface area contributed by atoms with E-state index in [0.29, 0.717) is 0 Å². The summed E-state index contributed by atoms with van der Waals surface area (Å²) in [5.74, 6) is -10.5. The van der Waals surface area contributed by atoms with Gasteiger partial charge in [-0.2, -0.15) is 15.2 Å². The number of carboxylic acid groups (broad SMARTS) is 5. The average Bonchev–Trinajstić information content (AvgIpc) is 3.27. The minimum Gasteiger partial charge on any atom is -0.494 e. The molecule has 21 nitrogen and oxygen atoms in total. The number of aromatic nitrogens is 1. The van der Waals surface area contributed by atoms with Crippen molar-refractivity contribution in [2.24, 2.45) is 15.7 Å². The van der Waals surface area contributed by atoms with Crippen LogP contribution in [-0.2, 0) is 14.4 Å². The second-order valence-corrected chi connectivity index (χ2v) is 13.7. The zero-order valence-corrected chi connectivity index (χ0v) is 34.8. The molecule has 1 aliphatic carbocycles. The topological polar surface area (TPSA) is 356 Å². The van der Waals surface area contributed by atoms with Crippen LogP contribution < -0.4 is 27.2 Å². The quantitative estimate of drug-likeness (QED) is 0.0216. The number of ketones is 1. The number of aliphatic hydroxyl groups is 1.